The third kappa shape index (κ3) is 1.43. The lowest BCUT2D eigenvalue weighted by Gasteiger charge is -2.15. The maximum Gasteiger partial charge on any atom is 0.107 e. The van der Waals surface area contributed by atoms with Gasteiger partial charge >= 0.3 is 0 Å². The first-order valence-electron chi connectivity index (χ1n) is 6.29. The number of para-hydroxylation sites is 2. The molecule has 2 nitrogen and oxygen atoms in total. The first-order chi connectivity index (χ1) is 9.68. The Kier molecular flexibility index (Phi) is 2.47. The minimum absolute atomic E-state index is 0.659. The van der Waals surface area contributed by atoms with Gasteiger partial charge in [0, 0.05) is 17.8 Å². The fourth-order valence-corrected chi connectivity index (χ4v) is 3.42. The maximum atomic E-state index is 6.56. The molecule has 2 aliphatic heterocycles. The van der Waals surface area contributed by atoms with E-state index < -0.39 is 0 Å². The summed E-state index contributed by atoms with van der Waals surface area (Å²) >= 11 is 12.9. The fourth-order valence-electron chi connectivity index (χ4n) is 2.84. The second kappa shape index (κ2) is 4.11. The van der Waals surface area contributed by atoms with Crippen LogP contribution < -0.4 is 0 Å². The van der Waals surface area contributed by atoms with Gasteiger partial charge in [-0.1, -0.05) is 53.5 Å². The van der Waals surface area contributed by atoms with Crippen molar-refractivity contribution in [3.63, 3.8) is 0 Å². The molecule has 0 spiro atoms. The summed E-state index contributed by atoms with van der Waals surface area (Å²) in [5, 5.41) is 3.37. The molecule has 0 radical (unpaired) electrons. The van der Waals surface area contributed by atoms with E-state index in [0.717, 1.165) is 33.2 Å². The largest absolute Gasteiger partial charge is 0.341 e. The summed E-state index contributed by atoms with van der Waals surface area (Å²) in [6.45, 7) is 0. The molecule has 0 amide bonds. The van der Waals surface area contributed by atoms with Crippen LogP contribution in [0.25, 0.3) is 33.2 Å². The maximum absolute atomic E-state index is 6.56. The standard InChI is InChI=1S/C16H10Cl2N2/c1-20-15-10(6-4-7-11(15)17)13(18)14-16(20)9-5-2-3-8-12(9)19-14/h2-8H,1H3. The lowest BCUT2D eigenvalue weighted by Crippen LogP contribution is -2.00. The molecule has 0 saturated heterocycles. The Morgan fingerprint density at radius 1 is 0.950 bits per heavy atom. The van der Waals surface area contributed by atoms with Crippen molar-refractivity contribution in [1.82, 2.24) is 9.55 Å². The normalized spacial score (nSPS) is 11.8. The molecule has 0 saturated carbocycles. The van der Waals surface area contributed by atoms with Crippen LogP contribution >= 0.6 is 23.2 Å². The Balaban J connectivity index is 2.37. The van der Waals surface area contributed by atoms with E-state index in [1.165, 1.54) is 0 Å². The summed E-state index contributed by atoms with van der Waals surface area (Å²) in [7, 11) is 2.00. The second-order valence-electron chi connectivity index (χ2n) is 4.84. The van der Waals surface area contributed by atoms with Crippen molar-refractivity contribution in [2.75, 3.05) is 0 Å². The van der Waals surface area contributed by atoms with Crippen molar-refractivity contribution in [2.24, 2.45) is 7.05 Å². The molecule has 0 bridgehead atoms. The number of halogens is 2. The van der Waals surface area contributed by atoms with Crippen molar-refractivity contribution >= 4 is 45.0 Å². The van der Waals surface area contributed by atoms with E-state index in [1.807, 2.05) is 43.4 Å². The van der Waals surface area contributed by atoms with Gasteiger partial charge in [0.1, 0.15) is 5.69 Å². The zero-order chi connectivity index (χ0) is 13.9. The smallest absolute Gasteiger partial charge is 0.107 e. The summed E-state index contributed by atoms with van der Waals surface area (Å²) in [6, 6.07) is 13.8. The molecule has 0 aromatic heterocycles. The number of aromatic nitrogens is 2. The van der Waals surface area contributed by atoms with Crippen LogP contribution in [0.15, 0.2) is 42.5 Å². The number of aryl methyl sites for hydroxylation is 1. The quantitative estimate of drug-likeness (QED) is 0.440. The van der Waals surface area contributed by atoms with Crippen molar-refractivity contribution < 1.29 is 0 Å². The van der Waals surface area contributed by atoms with Gasteiger partial charge in [-0.2, -0.15) is 0 Å². The first-order valence-corrected chi connectivity index (χ1v) is 7.05. The minimum atomic E-state index is 0.659. The van der Waals surface area contributed by atoms with E-state index in [0.29, 0.717) is 10.0 Å². The number of rotatable bonds is 0. The monoisotopic (exact) mass is 300 g/mol. The van der Waals surface area contributed by atoms with E-state index in [1.54, 1.807) is 0 Å². The number of pyridine rings is 1. The molecular formula is C16H10Cl2N2. The molecule has 98 valence electrons. The van der Waals surface area contributed by atoms with Gasteiger partial charge in [0.05, 0.1) is 26.8 Å². The van der Waals surface area contributed by atoms with Crippen LogP contribution in [0.1, 0.15) is 0 Å². The summed E-state index contributed by atoms with van der Waals surface area (Å²) in [5.41, 5.74) is 3.73. The van der Waals surface area contributed by atoms with Crippen LogP contribution in [-0.2, 0) is 7.05 Å². The van der Waals surface area contributed by atoms with Gasteiger partial charge in [0.2, 0.25) is 0 Å². The highest BCUT2D eigenvalue weighted by Crippen LogP contribution is 2.41. The lowest BCUT2D eigenvalue weighted by molar-refractivity contribution is 0.967. The van der Waals surface area contributed by atoms with Gasteiger partial charge in [0.15, 0.2) is 0 Å². The number of hydrogen-bond acceptors (Lipinski definition) is 1. The molecule has 20 heavy (non-hydrogen) atoms. The Hall–Kier alpha value is -1.77. The van der Waals surface area contributed by atoms with Gasteiger partial charge in [-0.25, -0.2) is 4.98 Å². The molecule has 2 aromatic rings. The van der Waals surface area contributed by atoms with Crippen molar-refractivity contribution in [1.29, 1.82) is 0 Å². The molecule has 2 aliphatic rings. The zero-order valence-electron chi connectivity index (χ0n) is 10.7. The molecule has 0 N–H and O–H groups in total. The number of hydrogen-bond donors (Lipinski definition) is 0. The Labute approximate surface area is 125 Å². The highest BCUT2D eigenvalue weighted by molar-refractivity contribution is 6.41. The van der Waals surface area contributed by atoms with Gasteiger partial charge in [-0.15, -0.1) is 0 Å². The first kappa shape index (κ1) is 12.0. The third-order valence-corrected chi connectivity index (χ3v) is 4.41. The van der Waals surface area contributed by atoms with Crippen LogP contribution in [0.5, 0.6) is 0 Å². The summed E-state index contributed by atoms with van der Waals surface area (Å²) < 4.78 is 2.08. The van der Waals surface area contributed by atoms with Crippen LogP contribution in [0.3, 0.4) is 0 Å². The van der Waals surface area contributed by atoms with E-state index in [4.69, 9.17) is 23.2 Å². The molecule has 2 heterocycles. The number of benzene rings is 2. The second-order valence-corrected chi connectivity index (χ2v) is 5.62. The van der Waals surface area contributed by atoms with E-state index in [9.17, 15) is 0 Å². The van der Waals surface area contributed by atoms with Crippen LogP contribution in [0, 0.1) is 0 Å². The van der Waals surface area contributed by atoms with E-state index in [-0.39, 0.29) is 0 Å². The van der Waals surface area contributed by atoms with Crippen LogP contribution in [0.4, 0.5) is 0 Å². The van der Waals surface area contributed by atoms with Crippen LogP contribution in [0.2, 0.25) is 10.0 Å². The highest BCUT2D eigenvalue weighted by Gasteiger charge is 2.21. The Morgan fingerprint density at radius 3 is 2.55 bits per heavy atom. The lowest BCUT2D eigenvalue weighted by atomic mass is 10.1. The van der Waals surface area contributed by atoms with E-state index in [2.05, 4.69) is 15.6 Å². The molecule has 0 aliphatic carbocycles. The molecule has 0 unspecified atom stereocenters. The Bertz CT molecular complexity index is 940. The molecule has 4 rings (SSSR count). The predicted octanol–water partition coefficient (Wildman–Crippen LogP) is 5.14. The molecule has 0 atom stereocenters. The molecular weight excluding hydrogens is 291 g/mol. The summed E-state index contributed by atoms with van der Waals surface area (Å²) in [5.74, 6) is 0. The van der Waals surface area contributed by atoms with Crippen molar-refractivity contribution in [3.05, 3.63) is 52.5 Å². The highest BCUT2D eigenvalue weighted by atomic mass is 35.5. The molecule has 0 fully saturated rings. The van der Waals surface area contributed by atoms with Gasteiger partial charge in [-0.3, -0.25) is 0 Å². The number of fused-ring (bicyclic) bond motifs is 4. The predicted molar refractivity (Wildman–Crippen MR) is 84.9 cm³/mol. The SMILES string of the molecule is Cn1c2c3ccccc3nc-2c(Cl)c2cccc(Cl)c21. The van der Waals surface area contributed by atoms with Crippen LogP contribution in [-0.4, -0.2) is 9.55 Å². The average Bonchev–Trinajstić information content (AvgIpc) is 2.84. The van der Waals surface area contributed by atoms with Gasteiger partial charge < -0.3 is 4.57 Å². The summed E-state index contributed by atoms with van der Waals surface area (Å²) in [6.07, 6.45) is 0. The van der Waals surface area contributed by atoms with Gasteiger partial charge in [0.25, 0.3) is 0 Å². The van der Waals surface area contributed by atoms with Crippen molar-refractivity contribution in [2.45, 2.75) is 0 Å². The third-order valence-electron chi connectivity index (χ3n) is 3.72. The molecule has 4 heteroatoms. The fraction of sp³-hybridized carbons (Fsp3) is 0.0625. The molecule has 2 aromatic carbocycles. The topological polar surface area (TPSA) is 17.8 Å². The minimum Gasteiger partial charge on any atom is -0.341 e. The Morgan fingerprint density at radius 2 is 1.70 bits per heavy atom. The van der Waals surface area contributed by atoms with E-state index >= 15 is 0 Å². The number of nitrogens with zero attached hydrogens (tertiary/aromatic N) is 2. The van der Waals surface area contributed by atoms with Crippen molar-refractivity contribution in [3.8, 4) is 11.4 Å². The zero-order valence-corrected chi connectivity index (χ0v) is 12.2. The summed E-state index contributed by atoms with van der Waals surface area (Å²) in [4.78, 5) is 4.66. The van der Waals surface area contributed by atoms with Gasteiger partial charge in [-0.05, 0) is 12.1 Å². The average molecular weight is 301 g/mol.